The van der Waals surface area contributed by atoms with Crippen molar-refractivity contribution in [3.63, 3.8) is 0 Å². The Kier molecular flexibility index (Phi) is 4.43. The van der Waals surface area contributed by atoms with E-state index in [0.717, 1.165) is 57.8 Å². The van der Waals surface area contributed by atoms with Crippen molar-refractivity contribution in [3.05, 3.63) is 18.2 Å². The highest BCUT2D eigenvalue weighted by Gasteiger charge is 2.38. The molecular formula is C15H24N4O2. The Balaban J connectivity index is 1.47. The number of nitrogens with zero attached hydrogens (tertiary/aromatic N) is 2. The van der Waals surface area contributed by atoms with E-state index in [1.165, 1.54) is 6.42 Å². The number of hydrogen-bond donors (Lipinski definition) is 2. The molecule has 3 rings (SSSR count). The van der Waals surface area contributed by atoms with Gasteiger partial charge in [-0.15, -0.1) is 0 Å². The molecule has 116 valence electrons. The first-order chi connectivity index (χ1) is 10.3. The number of imidazole rings is 1. The normalized spacial score (nSPS) is 21.4. The summed E-state index contributed by atoms with van der Waals surface area (Å²) in [6, 6.07) is 0.0622. The molecule has 1 spiro atoms. The van der Waals surface area contributed by atoms with Crippen LogP contribution in [0.3, 0.4) is 0 Å². The summed E-state index contributed by atoms with van der Waals surface area (Å²) in [5, 5.41) is 3.01. The summed E-state index contributed by atoms with van der Waals surface area (Å²) in [4.78, 5) is 21.5. The molecule has 3 heterocycles. The maximum absolute atomic E-state index is 12.3. The maximum atomic E-state index is 12.3. The van der Waals surface area contributed by atoms with Gasteiger partial charge in [-0.25, -0.2) is 9.78 Å². The molecule has 6 heteroatoms. The number of aromatic nitrogens is 2. The molecule has 1 aromatic rings. The van der Waals surface area contributed by atoms with Gasteiger partial charge in [-0.1, -0.05) is 0 Å². The highest BCUT2D eigenvalue weighted by molar-refractivity contribution is 5.74. The van der Waals surface area contributed by atoms with Gasteiger partial charge in [0.2, 0.25) is 0 Å². The molecule has 2 saturated heterocycles. The number of rotatable bonds is 3. The number of amides is 2. The van der Waals surface area contributed by atoms with E-state index in [0.29, 0.717) is 12.0 Å². The summed E-state index contributed by atoms with van der Waals surface area (Å²) in [5.41, 5.74) is 0.300. The van der Waals surface area contributed by atoms with E-state index < -0.39 is 0 Å². The van der Waals surface area contributed by atoms with Crippen molar-refractivity contribution >= 4 is 6.03 Å². The van der Waals surface area contributed by atoms with Crippen LogP contribution in [0, 0.1) is 5.41 Å². The van der Waals surface area contributed by atoms with Gasteiger partial charge in [0.05, 0.1) is 0 Å². The van der Waals surface area contributed by atoms with Crippen LogP contribution in [0.4, 0.5) is 4.79 Å². The van der Waals surface area contributed by atoms with Gasteiger partial charge < -0.3 is 19.9 Å². The Labute approximate surface area is 125 Å². The third-order valence-corrected chi connectivity index (χ3v) is 4.69. The van der Waals surface area contributed by atoms with Crippen LogP contribution in [-0.4, -0.2) is 53.7 Å². The molecular weight excluding hydrogens is 268 g/mol. The minimum atomic E-state index is 0.0622. The maximum Gasteiger partial charge on any atom is 0.317 e. The van der Waals surface area contributed by atoms with Gasteiger partial charge in [0.15, 0.2) is 0 Å². The van der Waals surface area contributed by atoms with E-state index >= 15 is 0 Å². The molecule has 2 amide bonds. The first-order valence-corrected chi connectivity index (χ1v) is 7.86. The number of carbonyl (C=O) groups excluding carboxylic acids is 1. The molecule has 2 fully saturated rings. The second-order valence-electron chi connectivity index (χ2n) is 6.16. The Bertz CT molecular complexity index is 449. The molecule has 2 N–H and O–H groups in total. The van der Waals surface area contributed by atoms with Crippen LogP contribution in [0.1, 0.15) is 31.5 Å². The van der Waals surface area contributed by atoms with Gasteiger partial charge >= 0.3 is 6.03 Å². The predicted molar refractivity (Wildman–Crippen MR) is 79.0 cm³/mol. The molecule has 2 aliphatic heterocycles. The number of aromatic amines is 1. The number of hydrogen-bond acceptors (Lipinski definition) is 3. The summed E-state index contributed by atoms with van der Waals surface area (Å²) >= 11 is 0. The number of urea groups is 1. The highest BCUT2D eigenvalue weighted by atomic mass is 16.5. The molecule has 0 atom stereocenters. The fourth-order valence-corrected chi connectivity index (χ4v) is 3.43. The Morgan fingerprint density at radius 3 is 3.05 bits per heavy atom. The average molecular weight is 292 g/mol. The summed E-state index contributed by atoms with van der Waals surface area (Å²) in [5.74, 6) is 0.912. The van der Waals surface area contributed by atoms with Crippen LogP contribution >= 0.6 is 0 Å². The molecule has 0 aliphatic carbocycles. The molecule has 0 bridgehead atoms. The lowest BCUT2D eigenvalue weighted by Crippen LogP contribution is -2.51. The highest BCUT2D eigenvalue weighted by Crippen LogP contribution is 2.39. The van der Waals surface area contributed by atoms with Crippen molar-refractivity contribution in [2.24, 2.45) is 5.41 Å². The van der Waals surface area contributed by atoms with Crippen LogP contribution in [-0.2, 0) is 11.2 Å². The van der Waals surface area contributed by atoms with Crippen LogP contribution in [0.5, 0.6) is 0 Å². The van der Waals surface area contributed by atoms with E-state index in [4.69, 9.17) is 4.74 Å². The largest absolute Gasteiger partial charge is 0.381 e. The average Bonchev–Trinajstić information content (AvgIpc) is 3.01. The van der Waals surface area contributed by atoms with Crippen molar-refractivity contribution in [3.8, 4) is 0 Å². The van der Waals surface area contributed by atoms with Crippen molar-refractivity contribution in [1.29, 1.82) is 0 Å². The Morgan fingerprint density at radius 2 is 2.29 bits per heavy atom. The number of carbonyl (C=O) groups is 1. The fraction of sp³-hybridized carbons (Fsp3) is 0.733. The Morgan fingerprint density at radius 1 is 1.43 bits per heavy atom. The molecule has 0 saturated carbocycles. The minimum Gasteiger partial charge on any atom is -0.381 e. The van der Waals surface area contributed by atoms with Crippen LogP contribution in [0.25, 0.3) is 0 Å². The summed E-state index contributed by atoms with van der Waals surface area (Å²) in [7, 11) is 0. The lowest BCUT2D eigenvalue weighted by atomic mass is 9.74. The van der Waals surface area contributed by atoms with Crippen LogP contribution < -0.4 is 5.32 Å². The lowest BCUT2D eigenvalue weighted by Gasteiger charge is -2.45. The van der Waals surface area contributed by atoms with Gasteiger partial charge in [0, 0.05) is 51.7 Å². The molecule has 0 radical (unpaired) electrons. The molecule has 1 aromatic heterocycles. The lowest BCUT2D eigenvalue weighted by molar-refractivity contribution is -0.0185. The number of ether oxygens (including phenoxy) is 1. The predicted octanol–water partition coefficient (Wildman–Crippen LogP) is 1.55. The molecule has 2 aliphatic rings. The number of likely N-dealkylation sites (tertiary alicyclic amines) is 1. The van der Waals surface area contributed by atoms with Gasteiger partial charge in [-0.05, 0) is 31.1 Å². The van der Waals surface area contributed by atoms with Crippen LogP contribution in [0.2, 0.25) is 0 Å². The van der Waals surface area contributed by atoms with E-state index in [2.05, 4.69) is 15.3 Å². The fourth-order valence-electron chi connectivity index (χ4n) is 3.43. The molecule has 6 nitrogen and oxygen atoms in total. The second kappa shape index (κ2) is 6.47. The van der Waals surface area contributed by atoms with Gasteiger partial charge in [-0.2, -0.15) is 0 Å². The van der Waals surface area contributed by atoms with E-state index in [9.17, 15) is 4.79 Å². The topological polar surface area (TPSA) is 70.2 Å². The Hall–Kier alpha value is -1.56. The van der Waals surface area contributed by atoms with Crippen molar-refractivity contribution in [2.45, 2.75) is 32.1 Å². The van der Waals surface area contributed by atoms with Crippen molar-refractivity contribution in [2.75, 3.05) is 32.8 Å². The number of nitrogens with one attached hydrogen (secondary N) is 2. The van der Waals surface area contributed by atoms with E-state index in [1.54, 1.807) is 12.4 Å². The summed E-state index contributed by atoms with van der Waals surface area (Å²) < 4.78 is 5.47. The van der Waals surface area contributed by atoms with E-state index in [-0.39, 0.29) is 6.03 Å². The third kappa shape index (κ3) is 3.56. The standard InChI is InChI=1S/C15H24N4O2/c20-14(18-6-2-13-16-7-8-17-13)19-9-1-3-15(12-19)4-10-21-11-5-15/h7-8H,1-6,9-12H2,(H,16,17)(H,18,20). The van der Waals surface area contributed by atoms with Gasteiger partial charge in [0.1, 0.15) is 5.82 Å². The first kappa shape index (κ1) is 14.4. The van der Waals surface area contributed by atoms with Crippen molar-refractivity contribution in [1.82, 2.24) is 20.2 Å². The monoisotopic (exact) mass is 292 g/mol. The molecule has 0 aromatic carbocycles. The van der Waals surface area contributed by atoms with Crippen LogP contribution in [0.15, 0.2) is 12.4 Å². The zero-order chi connectivity index (χ0) is 14.5. The summed E-state index contributed by atoms with van der Waals surface area (Å²) in [6.45, 7) is 4.05. The van der Waals surface area contributed by atoms with Gasteiger partial charge in [0.25, 0.3) is 0 Å². The van der Waals surface area contributed by atoms with Crippen molar-refractivity contribution < 1.29 is 9.53 Å². The first-order valence-electron chi connectivity index (χ1n) is 7.86. The van der Waals surface area contributed by atoms with E-state index in [1.807, 2.05) is 4.90 Å². The number of piperidine rings is 1. The quantitative estimate of drug-likeness (QED) is 0.888. The number of H-pyrrole nitrogens is 1. The zero-order valence-corrected chi connectivity index (χ0v) is 12.4. The minimum absolute atomic E-state index is 0.0622. The zero-order valence-electron chi connectivity index (χ0n) is 12.4. The van der Waals surface area contributed by atoms with Gasteiger partial charge in [-0.3, -0.25) is 0 Å². The summed E-state index contributed by atoms with van der Waals surface area (Å²) in [6.07, 6.45) is 8.78. The third-order valence-electron chi connectivity index (χ3n) is 4.69. The second-order valence-corrected chi connectivity index (χ2v) is 6.16. The smallest absolute Gasteiger partial charge is 0.317 e. The molecule has 0 unspecified atom stereocenters. The molecule has 21 heavy (non-hydrogen) atoms. The SMILES string of the molecule is O=C(NCCc1ncc[nH]1)N1CCCC2(CCOCC2)C1.